The lowest BCUT2D eigenvalue weighted by Gasteiger charge is -2.21. The van der Waals surface area contributed by atoms with E-state index in [1.54, 1.807) is 0 Å². The molecule has 0 atom stereocenters. The predicted molar refractivity (Wildman–Crippen MR) is 228 cm³/mol. The summed E-state index contributed by atoms with van der Waals surface area (Å²) in [6.45, 7) is 4.70. The number of fused-ring (bicyclic) bond motifs is 10. The minimum atomic E-state index is -0.0149. The van der Waals surface area contributed by atoms with Crippen LogP contribution in [0.25, 0.3) is 98.4 Å². The van der Waals surface area contributed by atoms with Crippen LogP contribution < -0.4 is 0 Å². The topological polar surface area (TPSA) is 0 Å². The van der Waals surface area contributed by atoms with Crippen LogP contribution in [0.15, 0.2) is 182 Å². The van der Waals surface area contributed by atoms with E-state index < -0.39 is 0 Å². The molecule has 0 aromatic heterocycles. The van der Waals surface area contributed by atoms with Crippen LogP contribution in [0.4, 0.5) is 0 Å². The summed E-state index contributed by atoms with van der Waals surface area (Å²) in [6.07, 6.45) is 0. The molecule has 0 heterocycles. The van der Waals surface area contributed by atoms with Crippen LogP contribution in [0.3, 0.4) is 0 Å². The highest BCUT2D eigenvalue weighted by atomic mass is 14.4. The Morgan fingerprint density at radius 2 is 0.736 bits per heavy atom. The molecule has 0 N–H and O–H groups in total. The van der Waals surface area contributed by atoms with E-state index >= 15 is 0 Å². The van der Waals surface area contributed by atoms with Crippen LogP contribution in [-0.4, -0.2) is 0 Å². The third kappa shape index (κ3) is 4.55. The Hall–Kier alpha value is -6.50. The Kier molecular flexibility index (Phi) is 6.40. The Balaban J connectivity index is 1.21. The van der Waals surface area contributed by atoms with Gasteiger partial charge < -0.3 is 0 Å². The van der Waals surface area contributed by atoms with Crippen molar-refractivity contribution in [2.45, 2.75) is 19.3 Å². The van der Waals surface area contributed by atoms with Gasteiger partial charge >= 0.3 is 0 Å². The average molecular weight is 673 g/mol. The van der Waals surface area contributed by atoms with Crippen molar-refractivity contribution in [1.82, 2.24) is 0 Å². The summed E-state index contributed by atoms with van der Waals surface area (Å²) in [5.74, 6) is 0. The van der Waals surface area contributed by atoms with Gasteiger partial charge in [0.1, 0.15) is 0 Å². The lowest BCUT2D eigenvalue weighted by atomic mass is 9.82. The van der Waals surface area contributed by atoms with Crippen LogP contribution >= 0.6 is 0 Å². The van der Waals surface area contributed by atoms with Gasteiger partial charge in [-0.3, -0.25) is 0 Å². The van der Waals surface area contributed by atoms with Crippen LogP contribution in [0.2, 0.25) is 0 Å². The molecular weight excluding hydrogens is 637 g/mol. The maximum Gasteiger partial charge on any atom is 0.0158 e. The molecule has 0 saturated heterocycles. The van der Waals surface area contributed by atoms with Crippen molar-refractivity contribution in [3.8, 4) is 44.5 Å². The highest BCUT2D eigenvalue weighted by Gasteiger charge is 2.35. The van der Waals surface area contributed by atoms with Crippen molar-refractivity contribution < 1.29 is 0 Å². The molecule has 0 saturated carbocycles. The molecule has 0 heteroatoms. The lowest BCUT2D eigenvalue weighted by molar-refractivity contribution is 0.660. The highest BCUT2D eigenvalue weighted by Crippen LogP contribution is 2.50. The van der Waals surface area contributed by atoms with E-state index in [1.165, 1.54) is 109 Å². The molecule has 0 aliphatic heterocycles. The molecule has 0 fully saturated rings. The van der Waals surface area contributed by atoms with Gasteiger partial charge in [0.2, 0.25) is 0 Å². The molecule has 0 unspecified atom stereocenters. The van der Waals surface area contributed by atoms with E-state index in [-0.39, 0.29) is 5.41 Å². The molecule has 1 aliphatic carbocycles. The third-order valence-electron chi connectivity index (χ3n) is 12.0. The molecule has 0 nitrogen and oxygen atoms in total. The van der Waals surface area contributed by atoms with E-state index in [1.807, 2.05) is 0 Å². The number of hydrogen-bond donors (Lipinski definition) is 0. The highest BCUT2D eigenvalue weighted by molar-refractivity contribution is 6.24. The maximum absolute atomic E-state index is 2.46. The van der Waals surface area contributed by atoms with Gasteiger partial charge in [0.25, 0.3) is 0 Å². The molecule has 10 aromatic rings. The van der Waals surface area contributed by atoms with E-state index in [9.17, 15) is 0 Å². The third-order valence-corrected chi connectivity index (χ3v) is 12.0. The van der Waals surface area contributed by atoms with E-state index in [2.05, 4.69) is 196 Å². The van der Waals surface area contributed by atoms with Gasteiger partial charge in [0.15, 0.2) is 0 Å². The fourth-order valence-corrected chi connectivity index (χ4v) is 9.27. The van der Waals surface area contributed by atoms with Crippen molar-refractivity contribution in [3.05, 3.63) is 193 Å². The quantitative estimate of drug-likeness (QED) is 0.164. The lowest BCUT2D eigenvalue weighted by Crippen LogP contribution is -2.14. The first-order valence-corrected chi connectivity index (χ1v) is 18.7. The fourth-order valence-electron chi connectivity index (χ4n) is 9.27. The van der Waals surface area contributed by atoms with Crippen molar-refractivity contribution >= 4 is 53.9 Å². The second kappa shape index (κ2) is 11.2. The molecule has 0 bridgehead atoms. The Bertz CT molecular complexity index is 3140. The van der Waals surface area contributed by atoms with Crippen molar-refractivity contribution in [3.63, 3.8) is 0 Å². The molecule has 53 heavy (non-hydrogen) atoms. The van der Waals surface area contributed by atoms with Crippen molar-refractivity contribution in [1.29, 1.82) is 0 Å². The summed E-state index contributed by atoms with van der Waals surface area (Å²) in [7, 11) is 0. The average Bonchev–Trinajstić information content (AvgIpc) is 3.45. The van der Waals surface area contributed by atoms with Crippen LogP contribution in [-0.2, 0) is 5.41 Å². The summed E-state index contributed by atoms with van der Waals surface area (Å²) in [5, 5.41) is 12.7. The van der Waals surface area contributed by atoms with Gasteiger partial charge in [-0.25, -0.2) is 0 Å². The summed E-state index contributed by atoms with van der Waals surface area (Å²) in [6, 6.07) is 68.2. The fraction of sp³-hybridized carbons (Fsp3) is 0.0566. The Labute approximate surface area is 309 Å². The van der Waals surface area contributed by atoms with Gasteiger partial charge in [-0.05, 0) is 146 Å². The van der Waals surface area contributed by atoms with Gasteiger partial charge in [0, 0.05) is 5.41 Å². The monoisotopic (exact) mass is 672 g/mol. The van der Waals surface area contributed by atoms with Crippen LogP contribution in [0.5, 0.6) is 0 Å². The second-order valence-corrected chi connectivity index (χ2v) is 15.3. The van der Waals surface area contributed by atoms with Gasteiger partial charge in [-0.15, -0.1) is 0 Å². The van der Waals surface area contributed by atoms with Crippen LogP contribution in [0, 0.1) is 0 Å². The molecule has 11 rings (SSSR count). The minimum absolute atomic E-state index is 0.0149. The molecule has 0 amide bonds. The summed E-state index contributed by atoms with van der Waals surface area (Å²) in [4.78, 5) is 0. The maximum atomic E-state index is 2.46. The van der Waals surface area contributed by atoms with Gasteiger partial charge in [-0.1, -0.05) is 159 Å². The molecule has 1 aliphatic rings. The second-order valence-electron chi connectivity index (χ2n) is 15.3. The van der Waals surface area contributed by atoms with E-state index in [0.717, 1.165) is 0 Å². The van der Waals surface area contributed by atoms with E-state index in [4.69, 9.17) is 0 Å². The SMILES string of the molecule is CC1(C)c2ccccc2-c2cc(-c3ccc4c(-c5ccc6ccccc6c5)cc5c6ccccc6c(-c6ccc7ccccc7c6)cc5c4c3)ccc21. The summed E-state index contributed by atoms with van der Waals surface area (Å²) < 4.78 is 0. The number of rotatable bonds is 3. The Morgan fingerprint density at radius 1 is 0.264 bits per heavy atom. The zero-order chi connectivity index (χ0) is 35.3. The van der Waals surface area contributed by atoms with Crippen LogP contribution in [0.1, 0.15) is 25.0 Å². The van der Waals surface area contributed by atoms with Crippen molar-refractivity contribution in [2.75, 3.05) is 0 Å². The predicted octanol–water partition coefficient (Wildman–Crippen LogP) is 14.8. The molecular formula is C53H36. The number of hydrogen-bond acceptors (Lipinski definition) is 0. The first-order chi connectivity index (χ1) is 26.0. The zero-order valence-corrected chi connectivity index (χ0v) is 29.8. The van der Waals surface area contributed by atoms with Crippen molar-refractivity contribution in [2.24, 2.45) is 0 Å². The smallest absolute Gasteiger partial charge is 0.0158 e. The van der Waals surface area contributed by atoms with E-state index in [0.29, 0.717) is 0 Å². The first-order valence-electron chi connectivity index (χ1n) is 18.7. The zero-order valence-electron chi connectivity index (χ0n) is 29.8. The van der Waals surface area contributed by atoms with Gasteiger partial charge in [0.05, 0.1) is 0 Å². The first kappa shape index (κ1) is 30.2. The Morgan fingerprint density at radius 3 is 1.43 bits per heavy atom. The number of benzene rings is 10. The largest absolute Gasteiger partial charge is 0.0619 e. The molecule has 10 aromatic carbocycles. The van der Waals surface area contributed by atoms with Gasteiger partial charge in [-0.2, -0.15) is 0 Å². The minimum Gasteiger partial charge on any atom is -0.0619 e. The molecule has 0 radical (unpaired) electrons. The normalized spacial score (nSPS) is 13.2. The summed E-state index contributed by atoms with van der Waals surface area (Å²) >= 11 is 0. The standard InChI is InChI=1S/C53H36/c1-53(2)51-18-10-9-17-44(51)50-30-38(24-26-52(50)53)37-23-25-43-46(40-22-20-34-12-4-6-14-36(34)28-40)31-48-42-16-8-7-15-41(42)45(32-49(48)47(43)29-37)39-21-19-33-11-3-5-13-35(33)27-39/h3-32H,1-2H3. The summed E-state index contributed by atoms with van der Waals surface area (Å²) in [5.41, 5.74) is 13.0. The molecule has 248 valence electrons. The molecule has 0 spiro atoms.